The van der Waals surface area contributed by atoms with Crippen molar-refractivity contribution < 1.29 is 13.9 Å². The number of hydrogen-bond acceptors (Lipinski definition) is 4. The smallest absolute Gasteiger partial charge is 0.204 e. The number of ether oxygens (including phenoxy) is 2. The lowest BCUT2D eigenvalue weighted by Gasteiger charge is -2.23. The molecule has 118 valence electrons. The van der Waals surface area contributed by atoms with E-state index in [4.69, 9.17) is 13.9 Å². The highest BCUT2D eigenvalue weighted by atomic mass is 16.5. The van der Waals surface area contributed by atoms with Gasteiger partial charge in [-0.05, 0) is 32.1 Å². The van der Waals surface area contributed by atoms with Gasteiger partial charge in [-0.2, -0.15) is 0 Å². The van der Waals surface area contributed by atoms with Crippen molar-refractivity contribution in [2.24, 2.45) is 0 Å². The third-order valence-electron chi connectivity index (χ3n) is 3.72. The summed E-state index contributed by atoms with van der Waals surface area (Å²) >= 11 is 0. The van der Waals surface area contributed by atoms with Crippen LogP contribution >= 0.6 is 0 Å². The predicted octanol–water partition coefficient (Wildman–Crippen LogP) is 4.30. The molecule has 0 aliphatic heterocycles. The molecular formula is C19H18O4. The maximum absolute atomic E-state index is 12.9. The van der Waals surface area contributed by atoms with Crippen LogP contribution in [0.1, 0.15) is 13.8 Å². The Bertz CT molecular complexity index is 951. The lowest BCUT2D eigenvalue weighted by molar-refractivity contribution is 0.164. The van der Waals surface area contributed by atoms with E-state index in [9.17, 15) is 4.79 Å². The van der Waals surface area contributed by atoms with E-state index >= 15 is 0 Å². The average Bonchev–Trinajstić information content (AvgIpc) is 2.54. The molecule has 0 atom stereocenters. The van der Waals surface area contributed by atoms with Crippen molar-refractivity contribution in [3.05, 3.63) is 59.3 Å². The maximum atomic E-state index is 12.9. The van der Waals surface area contributed by atoms with Crippen molar-refractivity contribution >= 4 is 21.9 Å². The Balaban J connectivity index is 2.39. The minimum atomic E-state index is -0.628. The van der Waals surface area contributed by atoms with E-state index in [0.29, 0.717) is 33.4 Å². The van der Waals surface area contributed by atoms with Crippen LogP contribution in [-0.2, 0) is 0 Å². The van der Waals surface area contributed by atoms with E-state index in [1.54, 1.807) is 37.5 Å². The highest BCUT2D eigenvalue weighted by molar-refractivity contribution is 5.94. The Labute approximate surface area is 133 Å². The SMILES string of the molecule is C=CC(C)(C)Oc1cc(OC)cc2oc3ccccc3c(=O)c12. The van der Waals surface area contributed by atoms with E-state index in [1.165, 1.54) is 0 Å². The Morgan fingerprint density at radius 1 is 1.17 bits per heavy atom. The fourth-order valence-electron chi connectivity index (χ4n) is 2.39. The first-order valence-corrected chi connectivity index (χ1v) is 7.31. The summed E-state index contributed by atoms with van der Waals surface area (Å²) in [5.74, 6) is 0.981. The fourth-order valence-corrected chi connectivity index (χ4v) is 2.39. The van der Waals surface area contributed by atoms with Crippen LogP contribution in [0, 0.1) is 0 Å². The second-order valence-corrected chi connectivity index (χ2v) is 5.84. The van der Waals surface area contributed by atoms with Gasteiger partial charge < -0.3 is 13.9 Å². The van der Waals surface area contributed by atoms with E-state index in [-0.39, 0.29) is 5.43 Å². The lowest BCUT2D eigenvalue weighted by atomic mass is 10.1. The first-order chi connectivity index (χ1) is 10.9. The number of para-hydroxylation sites is 1. The number of fused-ring (bicyclic) bond motifs is 2. The van der Waals surface area contributed by atoms with Gasteiger partial charge in [0.05, 0.1) is 12.5 Å². The van der Waals surface area contributed by atoms with Crippen LogP contribution in [0.2, 0.25) is 0 Å². The molecule has 4 heteroatoms. The van der Waals surface area contributed by atoms with E-state index in [1.807, 2.05) is 26.0 Å². The molecule has 0 amide bonds. The van der Waals surface area contributed by atoms with Crippen molar-refractivity contribution in [3.8, 4) is 11.5 Å². The van der Waals surface area contributed by atoms with Crippen molar-refractivity contribution in [1.82, 2.24) is 0 Å². The zero-order chi connectivity index (χ0) is 16.6. The molecule has 3 rings (SSSR count). The monoisotopic (exact) mass is 310 g/mol. The number of hydrogen-bond donors (Lipinski definition) is 0. The van der Waals surface area contributed by atoms with Gasteiger partial charge in [0.15, 0.2) is 0 Å². The molecule has 4 nitrogen and oxygen atoms in total. The zero-order valence-corrected chi connectivity index (χ0v) is 13.4. The molecule has 0 N–H and O–H groups in total. The molecule has 0 unspecified atom stereocenters. The first kappa shape index (κ1) is 15.2. The van der Waals surface area contributed by atoms with Crippen LogP contribution in [0.25, 0.3) is 21.9 Å². The van der Waals surface area contributed by atoms with Gasteiger partial charge in [-0.25, -0.2) is 0 Å². The molecule has 0 saturated carbocycles. The van der Waals surface area contributed by atoms with E-state index in [2.05, 4.69) is 6.58 Å². The molecule has 0 bridgehead atoms. The molecular weight excluding hydrogens is 292 g/mol. The van der Waals surface area contributed by atoms with Crippen LogP contribution in [0.5, 0.6) is 11.5 Å². The van der Waals surface area contributed by atoms with Gasteiger partial charge in [0.25, 0.3) is 0 Å². The normalized spacial score (nSPS) is 11.6. The summed E-state index contributed by atoms with van der Waals surface area (Å²) in [6.07, 6.45) is 1.68. The Morgan fingerprint density at radius 3 is 2.61 bits per heavy atom. The largest absolute Gasteiger partial charge is 0.496 e. The number of rotatable bonds is 4. The molecule has 0 aliphatic carbocycles. The molecule has 2 aromatic carbocycles. The van der Waals surface area contributed by atoms with Gasteiger partial charge in [-0.3, -0.25) is 4.79 Å². The van der Waals surface area contributed by atoms with Crippen LogP contribution in [0.4, 0.5) is 0 Å². The van der Waals surface area contributed by atoms with Crippen molar-refractivity contribution in [2.45, 2.75) is 19.4 Å². The molecule has 0 spiro atoms. The molecule has 23 heavy (non-hydrogen) atoms. The number of benzene rings is 2. The standard InChI is InChI=1S/C19H18O4/c1-5-19(2,3)23-16-11-12(21-4)10-15-17(16)18(20)13-8-6-7-9-14(13)22-15/h5-11H,1H2,2-4H3. The van der Waals surface area contributed by atoms with Gasteiger partial charge in [-0.15, -0.1) is 0 Å². The molecule has 0 fully saturated rings. The summed E-state index contributed by atoms with van der Waals surface area (Å²) in [5.41, 5.74) is 0.214. The van der Waals surface area contributed by atoms with Crippen LogP contribution in [0.3, 0.4) is 0 Å². The summed E-state index contributed by atoms with van der Waals surface area (Å²) in [7, 11) is 1.56. The summed E-state index contributed by atoms with van der Waals surface area (Å²) in [4.78, 5) is 12.9. The Kier molecular flexibility index (Phi) is 3.60. The molecule has 1 aromatic heterocycles. The average molecular weight is 310 g/mol. The Hall–Kier alpha value is -2.75. The predicted molar refractivity (Wildman–Crippen MR) is 91.4 cm³/mol. The minimum Gasteiger partial charge on any atom is -0.496 e. The van der Waals surface area contributed by atoms with Crippen molar-refractivity contribution in [3.63, 3.8) is 0 Å². The second kappa shape index (κ2) is 5.47. The van der Waals surface area contributed by atoms with Crippen molar-refractivity contribution in [1.29, 1.82) is 0 Å². The Morgan fingerprint density at radius 2 is 1.91 bits per heavy atom. The molecule has 0 aliphatic rings. The fraction of sp³-hybridized carbons (Fsp3) is 0.211. The third kappa shape index (κ3) is 2.68. The van der Waals surface area contributed by atoms with Gasteiger partial charge in [0.2, 0.25) is 5.43 Å². The minimum absolute atomic E-state index is 0.126. The van der Waals surface area contributed by atoms with Crippen LogP contribution < -0.4 is 14.9 Å². The summed E-state index contributed by atoms with van der Waals surface area (Å²) in [5, 5.41) is 0.922. The first-order valence-electron chi connectivity index (χ1n) is 7.31. The maximum Gasteiger partial charge on any atom is 0.204 e. The summed E-state index contributed by atoms with van der Waals surface area (Å²) in [6.45, 7) is 7.50. The zero-order valence-electron chi connectivity index (χ0n) is 13.4. The lowest BCUT2D eigenvalue weighted by Crippen LogP contribution is -2.25. The molecule has 1 heterocycles. The highest BCUT2D eigenvalue weighted by Crippen LogP contribution is 2.33. The number of methoxy groups -OCH3 is 1. The molecule has 0 radical (unpaired) electrons. The van der Waals surface area contributed by atoms with E-state index in [0.717, 1.165) is 0 Å². The van der Waals surface area contributed by atoms with Gasteiger partial charge in [-0.1, -0.05) is 18.7 Å². The highest BCUT2D eigenvalue weighted by Gasteiger charge is 2.20. The van der Waals surface area contributed by atoms with Gasteiger partial charge >= 0.3 is 0 Å². The van der Waals surface area contributed by atoms with Crippen LogP contribution in [0.15, 0.2) is 58.3 Å². The summed E-state index contributed by atoms with van der Waals surface area (Å²) < 4.78 is 17.1. The van der Waals surface area contributed by atoms with Gasteiger partial charge in [0, 0.05) is 12.1 Å². The molecule has 3 aromatic rings. The third-order valence-corrected chi connectivity index (χ3v) is 3.72. The van der Waals surface area contributed by atoms with E-state index < -0.39 is 5.60 Å². The van der Waals surface area contributed by atoms with Crippen molar-refractivity contribution in [2.75, 3.05) is 7.11 Å². The second-order valence-electron chi connectivity index (χ2n) is 5.84. The van der Waals surface area contributed by atoms with Crippen LogP contribution in [-0.4, -0.2) is 12.7 Å². The molecule has 0 saturated heterocycles. The van der Waals surface area contributed by atoms with Gasteiger partial charge in [0.1, 0.15) is 33.7 Å². The quantitative estimate of drug-likeness (QED) is 0.532. The topological polar surface area (TPSA) is 48.7 Å². The summed E-state index contributed by atoms with van der Waals surface area (Å²) in [6, 6.07) is 10.5.